The number of aromatic nitrogens is 3. The van der Waals surface area contributed by atoms with Crippen LogP contribution in [-0.2, 0) is 16.1 Å². The van der Waals surface area contributed by atoms with Gasteiger partial charge in [0.2, 0.25) is 0 Å². The molecule has 0 fully saturated rings. The number of anilines is 1. The third kappa shape index (κ3) is 4.92. The number of halogens is 1. The van der Waals surface area contributed by atoms with Crippen molar-refractivity contribution in [1.82, 2.24) is 20.1 Å². The van der Waals surface area contributed by atoms with Crippen molar-refractivity contribution in [1.29, 1.82) is 0 Å². The molecule has 27 heavy (non-hydrogen) atoms. The molecule has 7 nitrogen and oxygen atoms in total. The van der Waals surface area contributed by atoms with E-state index in [4.69, 9.17) is 11.6 Å². The molecule has 1 heterocycles. The summed E-state index contributed by atoms with van der Waals surface area (Å²) in [5.41, 5.74) is 2.16. The summed E-state index contributed by atoms with van der Waals surface area (Å²) < 4.78 is 1.59. The molecule has 0 saturated carbocycles. The molecule has 0 aliphatic carbocycles. The Morgan fingerprint density at radius 3 is 2.63 bits per heavy atom. The number of rotatable bonds is 5. The molecule has 0 aliphatic rings. The molecule has 0 saturated heterocycles. The molecule has 0 unspecified atom stereocenters. The molecule has 8 heteroatoms. The highest BCUT2D eigenvalue weighted by Crippen LogP contribution is 2.20. The minimum atomic E-state index is -0.764. The molecule has 138 valence electrons. The quantitative estimate of drug-likeness (QED) is 0.663. The molecule has 1 atom stereocenters. The van der Waals surface area contributed by atoms with Gasteiger partial charge in [0.05, 0.1) is 12.6 Å². The van der Waals surface area contributed by atoms with Crippen LogP contribution in [0.2, 0.25) is 5.02 Å². The predicted molar refractivity (Wildman–Crippen MR) is 102 cm³/mol. The molecule has 0 aliphatic heterocycles. The zero-order chi connectivity index (χ0) is 19.2. The van der Waals surface area contributed by atoms with Gasteiger partial charge in [-0.15, -0.1) is 0 Å². The van der Waals surface area contributed by atoms with E-state index in [1.165, 1.54) is 6.33 Å². The number of carbonyl (C=O) groups is 2. The van der Waals surface area contributed by atoms with E-state index in [1.54, 1.807) is 29.2 Å². The van der Waals surface area contributed by atoms with E-state index in [0.717, 1.165) is 11.1 Å². The SMILES string of the molecule is Cc1ccc(Cl)cc1NC(=O)C(=O)N[C@@H](Cn1cncn1)c1ccccc1. The zero-order valence-electron chi connectivity index (χ0n) is 14.6. The standard InChI is InChI=1S/C19H18ClN5O2/c1-13-7-8-15(20)9-16(13)23-18(26)19(27)24-17(10-25-12-21-11-22-25)14-5-3-2-4-6-14/h2-9,11-12,17H,10H2,1H3,(H,23,26)(H,24,27)/t17-/m0/s1. The third-order valence-corrected chi connectivity index (χ3v) is 4.23. The number of nitrogens with zero attached hydrogens (tertiary/aromatic N) is 3. The first kappa shape index (κ1) is 18.6. The highest BCUT2D eigenvalue weighted by Gasteiger charge is 2.21. The molecule has 2 amide bonds. The number of carbonyl (C=O) groups excluding carboxylic acids is 2. The summed E-state index contributed by atoms with van der Waals surface area (Å²) in [5, 5.41) is 9.89. The van der Waals surface area contributed by atoms with E-state index in [2.05, 4.69) is 20.7 Å². The minimum Gasteiger partial charge on any atom is -0.339 e. The van der Waals surface area contributed by atoms with Crippen LogP contribution in [0.4, 0.5) is 5.69 Å². The van der Waals surface area contributed by atoms with Crippen LogP contribution in [0.3, 0.4) is 0 Å². The molecule has 2 aromatic carbocycles. The van der Waals surface area contributed by atoms with Crippen molar-refractivity contribution in [3.05, 3.63) is 77.3 Å². The van der Waals surface area contributed by atoms with Gasteiger partial charge in [0.25, 0.3) is 0 Å². The van der Waals surface area contributed by atoms with Gasteiger partial charge in [-0.3, -0.25) is 14.3 Å². The van der Waals surface area contributed by atoms with E-state index in [9.17, 15) is 9.59 Å². The number of benzene rings is 2. The third-order valence-electron chi connectivity index (χ3n) is 4.00. The number of nitrogens with one attached hydrogen (secondary N) is 2. The van der Waals surface area contributed by atoms with Crippen molar-refractivity contribution in [3.8, 4) is 0 Å². The highest BCUT2D eigenvalue weighted by molar-refractivity contribution is 6.40. The van der Waals surface area contributed by atoms with Gasteiger partial charge in [0.1, 0.15) is 12.7 Å². The van der Waals surface area contributed by atoms with Gasteiger partial charge in [-0.05, 0) is 30.2 Å². The summed E-state index contributed by atoms with van der Waals surface area (Å²) in [6.45, 7) is 2.17. The first-order valence-electron chi connectivity index (χ1n) is 8.28. The Morgan fingerprint density at radius 1 is 1.15 bits per heavy atom. The fraction of sp³-hybridized carbons (Fsp3) is 0.158. The van der Waals surface area contributed by atoms with E-state index in [-0.39, 0.29) is 0 Å². The smallest absolute Gasteiger partial charge is 0.313 e. The summed E-state index contributed by atoms with van der Waals surface area (Å²) in [5.74, 6) is -1.51. The maximum Gasteiger partial charge on any atom is 0.313 e. The monoisotopic (exact) mass is 383 g/mol. The second kappa shape index (κ2) is 8.46. The van der Waals surface area contributed by atoms with Crippen molar-refractivity contribution in [2.24, 2.45) is 0 Å². The van der Waals surface area contributed by atoms with Crippen LogP contribution < -0.4 is 10.6 Å². The Hall–Kier alpha value is -3.19. The topological polar surface area (TPSA) is 88.9 Å². The zero-order valence-corrected chi connectivity index (χ0v) is 15.3. The molecular weight excluding hydrogens is 366 g/mol. The van der Waals surface area contributed by atoms with E-state index >= 15 is 0 Å². The van der Waals surface area contributed by atoms with E-state index in [1.807, 2.05) is 37.3 Å². The first-order valence-corrected chi connectivity index (χ1v) is 8.66. The second-order valence-electron chi connectivity index (χ2n) is 5.97. The van der Waals surface area contributed by atoms with Gasteiger partial charge < -0.3 is 10.6 Å². The summed E-state index contributed by atoms with van der Waals surface area (Å²) in [6, 6.07) is 14.0. The largest absolute Gasteiger partial charge is 0.339 e. The molecule has 0 bridgehead atoms. The molecule has 2 N–H and O–H groups in total. The van der Waals surface area contributed by atoms with Gasteiger partial charge in [-0.1, -0.05) is 48.0 Å². The second-order valence-corrected chi connectivity index (χ2v) is 6.40. The Bertz CT molecular complexity index is 929. The fourth-order valence-electron chi connectivity index (χ4n) is 2.57. The Morgan fingerprint density at radius 2 is 1.93 bits per heavy atom. The number of hydrogen-bond acceptors (Lipinski definition) is 4. The molecule has 3 aromatic rings. The average Bonchev–Trinajstić information content (AvgIpc) is 3.18. The van der Waals surface area contributed by atoms with Crippen LogP contribution in [-0.4, -0.2) is 26.6 Å². The van der Waals surface area contributed by atoms with Gasteiger partial charge in [-0.2, -0.15) is 5.10 Å². The summed E-state index contributed by atoms with van der Waals surface area (Å²) in [6.07, 6.45) is 2.97. The molecule has 3 rings (SSSR count). The first-order chi connectivity index (χ1) is 13.0. The summed E-state index contributed by atoms with van der Waals surface area (Å²) in [7, 11) is 0. The number of hydrogen-bond donors (Lipinski definition) is 2. The van der Waals surface area contributed by atoms with Crippen molar-refractivity contribution in [2.45, 2.75) is 19.5 Å². The maximum atomic E-state index is 12.5. The van der Waals surface area contributed by atoms with Crippen LogP contribution in [0.5, 0.6) is 0 Å². The van der Waals surface area contributed by atoms with Gasteiger partial charge in [0, 0.05) is 10.7 Å². The lowest BCUT2D eigenvalue weighted by molar-refractivity contribution is -0.136. The maximum absolute atomic E-state index is 12.5. The normalized spacial score (nSPS) is 11.6. The lowest BCUT2D eigenvalue weighted by atomic mass is 10.1. The Labute approximate surface area is 161 Å². The number of amides is 2. The van der Waals surface area contributed by atoms with Crippen LogP contribution in [0, 0.1) is 6.92 Å². The number of aryl methyl sites for hydroxylation is 1. The Balaban J connectivity index is 1.73. The van der Waals surface area contributed by atoms with Gasteiger partial charge >= 0.3 is 11.8 Å². The van der Waals surface area contributed by atoms with E-state index in [0.29, 0.717) is 17.3 Å². The van der Waals surface area contributed by atoms with Crippen LogP contribution in [0.15, 0.2) is 61.2 Å². The lowest BCUT2D eigenvalue weighted by Gasteiger charge is -2.19. The predicted octanol–water partition coefficient (Wildman–Crippen LogP) is 2.74. The van der Waals surface area contributed by atoms with Crippen molar-refractivity contribution >= 4 is 29.1 Å². The summed E-state index contributed by atoms with van der Waals surface area (Å²) in [4.78, 5) is 28.7. The average molecular weight is 384 g/mol. The Kier molecular flexibility index (Phi) is 5.83. The fourth-order valence-corrected chi connectivity index (χ4v) is 2.74. The molecule has 0 radical (unpaired) electrons. The van der Waals surface area contributed by atoms with Crippen molar-refractivity contribution in [3.63, 3.8) is 0 Å². The molecule has 1 aromatic heterocycles. The minimum absolute atomic E-state index is 0.346. The summed E-state index contributed by atoms with van der Waals surface area (Å²) >= 11 is 5.96. The van der Waals surface area contributed by atoms with Crippen LogP contribution in [0.1, 0.15) is 17.2 Å². The highest BCUT2D eigenvalue weighted by atomic mass is 35.5. The molecule has 0 spiro atoms. The van der Waals surface area contributed by atoms with Crippen molar-refractivity contribution in [2.75, 3.05) is 5.32 Å². The van der Waals surface area contributed by atoms with Crippen LogP contribution >= 0.6 is 11.6 Å². The molecular formula is C19H18ClN5O2. The van der Waals surface area contributed by atoms with Gasteiger partial charge in [0.15, 0.2) is 0 Å². The van der Waals surface area contributed by atoms with Crippen molar-refractivity contribution < 1.29 is 9.59 Å². The van der Waals surface area contributed by atoms with E-state index < -0.39 is 17.9 Å². The lowest BCUT2D eigenvalue weighted by Crippen LogP contribution is -2.39. The van der Waals surface area contributed by atoms with Crippen LogP contribution in [0.25, 0.3) is 0 Å². The van der Waals surface area contributed by atoms with Gasteiger partial charge in [-0.25, -0.2) is 4.98 Å².